The van der Waals surface area contributed by atoms with Crippen molar-refractivity contribution in [3.8, 4) is 11.3 Å². The molecule has 7 heteroatoms. The Labute approximate surface area is 144 Å². The van der Waals surface area contributed by atoms with Crippen LogP contribution in [0.3, 0.4) is 0 Å². The van der Waals surface area contributed by atoms with Crippen molar-refractivity contribution in [2.75, 3.05) is 11.9 Å². The lowest BCUT2D eigenvalue weighted by atomic mass is 10.1. The van der Waals surface area contributed by atoms with Crippen LogP contribution in [0.1, 0.15) is 25.5 Å². The first-order valence-corrected chi connectivity index (χ1v) is 8.51. The summed E-state index contributed by atoms with van der Waals surface area (Å²) in [6.07, 6.45) is 8.17. The molecule has 0 saturated heterocycles. The Morgan fingerprint density at radius 3 is 2.96 bits per heavy atom. The Bertz CT molecular complexity index is 1090. The number of imidazole rings is 1. The molecule has 5 rings (SSSR count). The van der Waals surface area contributed by atoms with E-state index in [1.807, 2.05) is 42.2 Å². The summed E-state index contributed by atoms with van der Waals surface area (Å²) in [4.78, 5) is 16.6. The molecule has 0 aliphatic heterocycles. The average molecular weight is 333 g/mol. The molecule has 0 unspecified atom stereocenters. The van der Waals surface area contributed by atoms with Gasteiger partial charge in [-0.2, -0.15) is 10.1 Å². The van der Waals surface area contributed by atoms with Crippen molar-refractivity contribution in [1.82, 2.24) is 29.5 Å². The van der Waals surface area contributed by atoms with Gasteiger partial charge in [0.1, 0.15) is 5.65 Å². The molecule has 25 heavy (non-hydrogen) atoms. The second kappa shape index (κ2) is 5.02. The van der Waals surface area contributed by atoms with Crippen molar-refractivity contribution in [2.24, 2.45) is 5.41 Å². The number of aromatic amines is 1. The van der Waals surface area contributed by atoms with Crippen molar-refractivity contribution >= 4 is 22.6 Å². The van der Waals surface area contributed by atoms with Gasteiger partial charge in [0.15, 0.2) is 5.65 Å². The molecule has 0 bridgehead atoms. The molecule has 0 aromatic carbocycles. The average Bonchev–Trinajstić information content (AvgIpc) is 3.05. The highest BCUT2D eigenvalue weighted by molar-refractivity contribution is 5.92. The van der Waals surface area contributed by atoms with Crippen LogP contribution in [0.25, 0.3) is 27.9 Å². The van der Waals surface area contributed by atoms with Crippen molar-refractivity contribution in [2.45, 2.75) is 26.7 Å². The number of aryl methyl sites for hydroxylation is 1. The Morgan fingerprint density at radius 1 is 1.24 bits per heavy atom. The van der Waals surface area contributed by atoms with Gasteiger partial charge in [-0.25, -0.2) is 14.5 Å². The van der Waals surface area contributed by atoms with E-state index in [0.717, 1.165) is 40.2 Å². The standard InChI is InChI=1S/C18H19N7/c1-11-7-19-15-4-3-14(24-25(11)15)12-8-20-16-13(12)9-21-17(23-16)22-10-18(2)5-6-18/h3-4,7-9H,5-6,10H2,1-2H3,(H2,20,21,22,23). The van der Waals surface area contributed by atoms with Crippen LogP contribution in [0.2, 0.25) is 0 Å². The van der Waals surface area contributed by atoms with Gasteiger partial charge in [0.25, 0.3) is 0 Å². The fourth-order valence-electron chi connectivity index (χ4n) is 3.02. The molecule has 0 amide bonds. The van der Waals surface area contributed by atoms with Crippen LogP contribution >= 0.6 is 0 Å². The summed E-state index contributed by atoms with van der Waals surface area (Å²) in [6, 6.07) is 3.95. The normalized spacial score (nSPS) is 15.8. The number of aromatic nitrogens is 6. The number of anilines is 1. The summed E-state index contributed by atoms with van der Waals surface area (Å²) in [7, 11) is 0. The predicted octanol–water partition coefficient (Wildman–Crippen LogP) is 3.19. The molecular formula is C18H19N7. The van der Waals surface area contributed by atoms with E-state index in [4.69, 9.17) is 0 Å². The van der Waals surface area contributed by atoms with Crippen LogP contribution in [0.5, 0.6) is 0 Å². The van der Waals surface area contributed by atoms with E-state index in [-0.39, 0.29) is 0 Å². The predicted molar refractivity (Wildman–Crippen MR) is 96.4 cm³/mol. The Kier molecular flexibility index (Phi) is 2.89. The summed E-state index contributed by atoms with van der Waals surface area (Å²) in [5, 5.41) is 9.00. The van der Waals surface area contributed by atoms with E-state index in [1.165, 1.54) is 12.8 Å². The van der Waals surface area contributed by atoms with Crippen LogP contribution in [-0.2, 0) is 0 Å². The maximum Gasteiger partial charge on any atom is 0.224 e. The highest BCUT2D eigenvalue weighted by Gasteiger charge is 2.36. The summed E-state index contributed by atoms with van der Waals surface area (Å²) >= 11 is 0. The fourth-order valence-corrected chi connectivity index (χ4v) is 3.02. The van der Waals surface area contributed by atoms with Crippen LogP contribution in [0, 0.1) is 12.3 Å². The largest absolute Gasteiger partial charge is 0.354 e. The second-order valence-electron chi connectivity index (χ2n) is 7.21. The minimum absolute atomic E-state index is 0.418. The Morgan fingerprint density at radius 2 is 2.12 bits per heavy atom. The Hall–Kier alpha value is -2.96. The zero-order valence-corrected chi connectivity index (χ0v) is 14.2. The summed E-state index contributed by atoms with van der Waals surface area (Å²) < 4.78 is 1.85. The molecule has 0 radical (unpaired) electrons. The van der Waals surface area contributed by atoms with Crippen molar-refractivity contribution in [3.05, 3.63) is 36.4 Å². The van der Waals surface area contributed by atoms with Crippen LogP contribution < -0.4 is 5.32 Å². The lowest BCUT2D eigenvalue weighted by Gasteiger charge is -2.09. The number of H-pyrrole nitrogens is 1. The van der Waals surface area contributed by atoms with Crippen LogP contribution in [0.15, 0.2) is 30.7 Å². The zero-order chi connectivity index (χ0) is 17.0. The first kappa shape index (κ1) is 14.4. The number of nitrogens with one attached hydrogen (secondary N) is 2. The molecule has 4 aromatic rings. The number of nitrogens with zero attached hydrogens (tertiary/aromatic N) is 5. The molecule has 1 aliphatic rings. The van der Waals surface area contributed by atoms with Crippen molar-refractivity contribution in [3.63, 3.8) is 0 Å². The van der Waals surface area contributed by atoms with Crippen molar-refractivity contribution in [1.29, 1.82) is 0 Å². The van der Waals surface area contributed by atoms with Crippen LogP contribution in [0.4, 0.5) is 5.95 Å². The third-order valence-corrected chi connectivity index (χ3v) is 5.02. The van der Waals surface area contributed by atoms with E-state index < -0.39 is 0 Å². The molecule has 2 N–H and O–H groups in total. The molecule has 1 aliphatic carbocycles. The summed E-state index contributed by atoms with van der Waals surface area (Å²) in [5.74, 6) is 0.669. The maximum atomic E-state index is 4.69. The van der Waals surface area contributed by atoms with E-state index in [2.05, 4.69) is 37.3 Å². The lowest BCUT2D eigenvalue weighted by molar-refractivity contribution is 0.608. The van der Waals surface area contributed by atoms with Gasteiger partial charge in [-0.05, 0) is 37.3 Å². The van der Waals surface area contributed by atoms with E-state index >= 15 is 0 Å². The zero-order valence-electron chi connectivity index (χ0n) is 14.2. The molecule has 4 heterocycles. The molecule has 7 nitrogen and oxygen atoms in total. The fraction of sp³-hybridized carbons (Fsp3) is 0.333. The number of rotatable bonds is 4. The summed E-state index contributed by atoms with van der Waals surface area (Å²) in [5.41, 5.74) is 4.95. The van der Waals surface area contributed by atoms with E-state index in [1.54, 1.807) is 0 Å². The highest BCUT2D eigenvalue weighted by atomic mass is 15.3. The van der Waals surface area contributed by atoms with E-state index in [9.17, 15) is 0 Å². The SMILES string of the molecule is Cc1cnc2ccc(-c3c[nH]c4nc(NCC5(C)CC5)ncc34)nn12. The molecule has 4 aromatic heterocycles. The van der Waals surface area contributed by atoms with Gasteiger partial charge in [0.05, 0.1) is 17.6 Å². The Balaban J connectivity index is 1.51. The molecule has 126 valence electrons. The van der Waals surface area contributed by atoms with Gasteiger partial charge in [-0.15, -0.1) is 0 Å². The van der Waals surface area contributed by atoms with Gasteiger partial charge in [-0.3, -0.25) is 0 Å². The van der Waals surface area contributed by atoms with Gasteiger partial charge in [0.2, 0.25) is 5.95 Å². The second-order valence-corrected chi connectivity index (χ2v) is 7.21. The maximum absolute atomic E-state index is 4.69. The van der Waals surface area contributed by atoms with Crippen molar-refractivity contribution < 1.29 is 0 Å². The molecule has 1 fully saturated rings. The highest BCUT2D eigenvalue weighted by Crippen LogP contribution is 2.44. The van der Waals surface area contributed by atoms with Gasteiger partial charge < -0.3 is 10.3 Å². The van der Waals surface area contributed by atoms with Gasteiger partial charge in [0, 0.05) is 29.9 Å². The minimum atomic E-state index is 0.418. The third kappa shape index (κ3) is 2.43. The lowest BCUT2D eigenvalue weighted by Crippen LogP contribution is -2.13. The minimum Gasteiger partial charge on any atom is -0.354 e. The number of hydrogen-bond donors (Lipinski definition) is 2. The molecule has 0 atom stereocenters. The van der Waals surface area contributed by atoms with Crippen LogP contribution in [-0.4, -0.2) is 36.1 Å². The summed E-state index contributed by atoms with van der Waals surface area (Å²) in [6.45, 7) is 5.20. The third-order valence-electron chi connectivity index (χ3n) is 5.02. The smallest absolute Gasteiger partial charge is 0.224 e. The topological polar surface area (TPSA) is 83.8 Å². The monoisotopic (exact) mass is 333 g/mol. The first-order chi connectivity index (χ1) is 12.1. The van der Waals surface area contributed by atoms with Gasteiger partial charge >= 0.3 is 0 Å². The number of hydrogen-bond acceptors (Lipinski definition) is 5. The molecule has 0 spiro atoms. The quantitative estimate of drug-likeness (QED) is 0.599. The van der Waals surface area contributed by atoms with E-state index in [0.29, 0.717) is 11.4 Å². The number of fused-ring (bicyclic) bond motifs is 2. The molecule has 1 saturated carbocycles. The van der Waals surface area contributed by atoms with Gasteiger partial charge in [-0.1, -0.05) is 6.92 Å². The molecular weight excluding hydrogens is 314 g/mol. The first-order valence-electron chi connectivity index (χ1n) is 8.51.